The van der Waals surface area contributed by atoms with Gasteiger partial charge in [0, 0.05) is 21.5 Å². The summed E-state index contributed by atoms with van der Waals surface area (Å²) in [6, 6.07) is 46.0. The van der Waals surface area contributed by atoms with Gasteiger partial charge in [0.2, 0.25) is 0 Å². The molecule has 0 unspecified atom stereocenters. The van der Waals surface area contributed by atoms with E-state index in [0.29, 0.717) is 0 Å². The number of rotatable bonds is 5. The summed E-state index contributed by atoms with van der Waals surface area (Å²) in [6.45, 7) is 4.69. The van der Waals surface area contributed by atoms with E-state index in [2.05, 4.69) is 85.9 Å². The minimum atomic E-state index is -3.20. The van der Waals surface area contributed by atoms with Crippen molar-refractivity contribution in [3.63, 3.8) is 0 Å². The molecule has 1 radical (unpaired) electrons. The average Bonchev–Trinajstić information content (AvgIpc) is 2.96. The second kappa shape index (κ2) is 9.63. The van der Waals surface area contributed by atoms with E-state index in [9.17, 15) is 0 Å². The van der Waals surface area contributed by atoms with Crippen LogP contribution in [0.5, 0.6) is 0 Å². The van der Waals surface area contributed by atoms with E-state index in [1.807, 2.05) is 60.7 Å². The third-order valence-electron chi connectivity index (χ3n) is 7.20. The Morgan fingerprint density at radius 1 is 0.486 bits per heavy atom. The molecule has 179 valence electrons. The molecule has 6 aromatic carbocycles. The largest absolute Gasteiger partial charge is 0.309 e. The van der Waals surface area contributed by atoms with E-state index in [4.69, 9.17) is 0 Å². The van der Waals surface area contributed by atoms with Crippen LogP contribution in [0.3, 0.4) is 0 Å². The lowest BCUT2D eigenvalue weighted by atomic mass is 9.93. The van der Waals surface area contributed by atoms with Crippen LogP contribution in [0.25, 0.3) is 32.7 Å². The fourth-order valence-corrected chi connectivity index (χ4v) is 9.49. The highest BCUT2D eigenvalue weighted by Crippen LogP contribution is 2.47. The fourth-order valence-electron chi connectivity index (χ4n) is 5.45. The van der Waals surface area contributed by atoms with Gasteiger partial charge in [-0.2, -0.15) is 0 Å². The molecule has 0 amide bonds. The molecule has 0 saturated heterocycles. The zero-order valence-electron chi connectivity index (χ0n) is 21.1. The molecule has 0 aliphatic heterocycles. The van der Waals surface area contributed by atoms with E-state index in [0.717, 1.165) is 32.2 Å². The highest BCUT2D eigenvalue weighted by Gasteiger charge is 2.34. The summed E-state index contributed by atoms with van der Waals surface area (Å²) < 4.78 is 15.7. The van der Waals surface area contributed by atoms with Crippen LogP contribution in [0, 0.1) is 0 Å². The summed E-state index contributed by atoms with van der Waals surface area (Å²) in [6.07, 6.45) is 0. The van der Waals surface area contributed by atoms with E-state index in [1.165, 1.54) is 21.5 Å². The van der Waals surface area contributed by atoms with Gasteiger partial charge in [-0.15, -0.1) is 0 Å². The van der Waals surface area contributed by atoms with Gasteiger partial charge < -0.3 is 4.57 Å². The fraction of sp³-hybridized carbons (Fsp3) is 0.0588. The van der Waals surface area contributed by atoms with Crippen LogP contribution >= 0.6 is 7.14 Å². The van der Waals surface area contributed by atoms with Crippen molar-refractivity contribution in [1.29, 1.82) is 0 Å². The van der Waals surface area contributed by atoms with Crippen LogP contribution in [0.2, 0.25) is 13.1 Å². The molecule has 0 aromatic heterocycles. The predicted molar refractivity (Wildman–Crippen MR) is 163 cm³/mol. The SMILES string of the molecule is C[Si](C)c1ccc2ccccc2c1-c1c(P(=O)(c2ccccc2)c2ccccc2)ccc2ccccc12. The number of hydrogen-bond donors (Lipinski definition) is 0. The molecule has 0 heterocycles. The second-order valence-electron chi connectivity index (χ2n) is 9.67. The van der Waals surface area contributed by atoms with Crippen LogP contribution < -0.4 is 21.1 Å². The molecule has 0 spiro atoms. The van der Waals surface area contributed by atoms with Gasteiger partial charge in [-0.3, -0.25) is 0 Å². The van der Waals surface area contributed by atoms with Crippen molar-refractivity contribution in [3.8, 4) is 11.1 Å². The molecule has 1 nitrogen and oxygen atoms in total. The van der Waals surface area contributed by atoms with Crippen LogP contribution in [-0.4, -0.2) is 8.80 Å². The molecule has 0 atom stereocenters. The van der Waals surface area contributed by atoms with Gasteiger partial charge in [0.15, 0.2) is 7.14 Å². The molecular formula is C34H28OPSi. The van der Waals surface area contributed by atoms with Gasteiger partial charge in [-0.25, -0.2) is 0 Å². The Morgan fingerprint density at radius 2 is 0.946 bits per heavy atom. The third kappa shape index (κ3) is 3.98. The molecule has 0 aliphatic rings. The molecular weight excluding hydrogens is 483 g/mol. The van der Waals surface area contributed by atoms with Gasteiger partial charge in [0.1, 0.15) is 0 Å². The number of hydrogen-bond acceptors (Lipinski definition) is 1. The third-order valence-corrected chi connectivity index (χ3v) is 11.8. The Hall–Kier alpha value is -3.71. The molecule has 0 N–H and O–H groups in total. The standard InChI is InChI=1S/C34H28OPSi/c1-37(2)32-24-22-26-14-10-12-20-30(26)34(32)33-29-19-11-9-13-25(29)21-23-31(33)36(35,27-15-5-3-6-16-27)28-17-7-4-8-18-28/h3-24H,1-2H3. The molecule has 37 heavy (non-hydrogen) atoms. The maximum Gasteiger partial charge on any atom is 0.171 e. The van der Waals surface area contributed by atoms with Gasteiger partial charge >= 0.3 is 0 Å². The molecule has 0 aliphatic carbocycles. The van der Waals surface area contributed by atoms with Gasteiger partial charge in [0.05, 0.1) is 8.80 Å². The van der Waals surface area contributed by atoms with Crippen molar-refractivity contribution in [2.24, 2.45) is 0 Å². The average molecular weight is 512 g/mol. The first kappa shape index (κ1) is 23.7. The summed E-state index contributed by atoms with van der Waals surface area (Å²) in [7, 11) is -4.03. The minimum absolute atomic E-state index is 0.826. The topological polar surface area (TPSA) is 17.1 Å². The van der Waals surface area contributed by atoms with E-state index in [1.54, 1.807) is 0 Å². The first-order chi connectivity index (χ1) is 18.1. The smallest absolute Gasteiger partial charge is 0.171 e. The van der Waals surface area contributed by atoms with Crippen LogP contribution in [-0.2, 0) is 4.57 Å². The Bertz CT molecular complexity index is 1730. The van der Waals surface area contributed by atoms with E-state index < -0.39 is 15.9 Å². The van der Waals surface area contributed by atoms with Crippen molar-refractivity contribution >= 4 is 58.6 Å². The van der Waals surface area contributed by atoms with Crippen molar-refractivity contribution in [1.82, 2.24) is 0 Å². The Morgan fingerprint density at radius 3 is 1.49 bits per heavy atom. The lowest BCUT2D eigenvalue weighted by Gasteiger charge is -2.26. The van der Waals surface area contributed by atoms with Gasteiger partial charge in [-0.1, -0.05) is 146 Å². The van der Waals surface area contributed by atoms with Crippen LogP contribution in [0.15, 0.2) is 133 Å². The zero-order valence-corrected chi connectivity index (χ0v) is 23.0. The molecule has 3 heteroatoms. The molecule has 0 bridgehead atoms. The first-order valence-electron chi connectivity index (χ1n) is 12.7. The normalized spacial score (nSPS) is 11.9. The Kier molecular flexibility index (Phi) is 6.16. The summed E-state index contributed by atoms with van der Waals surface area (Å²) in [5.74, 6) is 0. The first-order valence-corrected chi connectivity index (χ1v) is 16.9. The highest BCUT2D eigenvalue weighted by atomic mass is 31.2. The summed E-state index contributed by atoms with van der Waals surface area (Å²) >= 11 is 0. The van der Waals surface area contributed by atoms with Crippen molar-refractivity contribution in [3.05, 3.63) is 133 Å². The second-order valence-corrected chi connectivity index (χ2v) is 14.9. The lowest BCUT2D eigenvalue weighted by molar-refractivity contribution is 0.592. The summed E-state index contributed by atoms with van der Waals surface area (Å²) in [5, 5.41) is 8.73. The maximum atomic E-state index is 15.7. The summed E-state index contributed by atoms with van der Waals surface area (Å²) in [4.78, 5) is 0. The molecule has 0 saturated carbocycles. The maximum absolute atomic E-state index is 15.7. The van der Waals surface area contributed by atoms with Gasteiger partial charge in [0.25, 0.3) is 0 Å². The number of benzene rings is 6. The van der Waals surface area contributed by atoms with Crippen molar-refractivity contribution in [2.75, 3.05) is 0 Å². The van der Waals surface area contributed by atoms with Crippen LogP contribution in [0.4, 0.5) is 0 Å². The Balaban J connectivity index is 1.84. The van der Waals surface area contributed by atoms with E-state index >= 15 is 4.57 Å². The Labute approximate surface area is 220 Å². The highest BCUT2D eigenvalue weighted by molar-refractivity contribution is 7.85. The monoisotopic (exact) mass is 511 g/mol. The zero-order chi connectivity index (χ0) is 25.4. The molecule has 6 aromatic rings. The van der Waals surface area contributed by atoms with Crippen molar-refractivity contribution < 1.29 is 4.57 Å². The predicted octanol–water partition coefficient (Wildman–Crippen LogP) is 7.26. The van der Waals surface area contributed by atoms with E-state index in [-0.39, 0.29) is 0 Å². The summed E-state index contributed by atoms with van der Waals surface area (Å²) in [5.41, 5.74) is 2.34. The quantitative estimate of drug-likeness (QED) is 0.176. The molecule has 6 rings (SSSR count). The lowest BCUT2D eigenvalue weighted by Crippen LogP contribution is -2.30. The van der Waals surface area contributed by atoms with Crippen molar-refractivity contribution in [2.45, 2.75) is 13.1 Å². The van der Waals surface area contributed by atoms with Gasteiger partial charge in [-0.05, 0) is 33.2 Å². The number of fused-ring (bicyclic) bond motifs is 2. The minimum Gasteiger partial charge on any atom is -0.309 e. The van der Waals surface area contributed by atoms with Crippen LogP contribution in [0.1, 0.15) is 0 Å². The molecule has 0 fully saturated rings.